The summed E-state index contributed by atoms with van der Waals surface area (Å²) in [5.41, 5.74) is 1.43. The Kier molecular flexibility index (Phi) is 8.01. The molecule has 1 saturated carbocycles. The van der Waals surface area contributed by atoms with Gasteiger partial charge >= 0.3 is 6.36 Å². The number of hydrogen-bond acceptors (Lipinski definition) is 6. The first-order valence-electron chi connectivity index (χ1n) is 11.7. The lowest BCUT2D eigenvalue weighted by Crippen LogP contribution is -2.38. The highest BCUT2D eigenvalue weighted by Gasteiger charge is 2.32. The van der Waals surface area contributed by atoms with E-state index in [2.05, 4.69) is 31.3 Å². The predicted molar refractivity (Wildman–Crippen MR) is 136 cm³/mol. The zero-order valence-electron chi connectivity index (χ0n) is 19.7. The number of aromatic nitrogens is 2. The van der Waals surface area contributed by atoms with E-state index in [4.69, 9.17) is 9.97 Å². The Bertz CT molecular complexity index is 1150. The molecule has 188 valence electrons. The van der Waals surface area contributed by atoms with E-state index in [0.29, 0.717) is 35.0 Å². The van der Waals surface area contributed by atoms with Gasteiger partial charge in [-0.2, -0.15) is 4.98 Å². The normalized spacial score (nSPS) is 18.5. The number of hydrogen-bond donors (Lipinski definition) is 2. The number of anilines is 2. The molecule has 1 aliphatic carbocycles. The Balaban J connectivity index is 1.29. The van der Waals surface area contributed by atoms with E-state index in [1.807, 2.05) is 43.3 Å². The predicted octanol–water partition coefficient (Wildman–Crippen LogP) is 5.91. The van der Waals surface area contributed by atoms with Gasteiger partial charge in [0.1, 0.15) is 11.6 Å². The van der Waals surface area contributed by atoms with Crippen LogP contribution < -0.4 is 20.3 Å². The molecule has 4 rings (SSSR count). The maximum Gasteiger partial charge on any atom is 0.573 e. The van der Waals surface area contributed by atoms with E-state index >= 15 is 0 Å². The second kappa shape index (κ2) is 11.0. The lowest BCUT2D eigenvalue weighted by Gasteiger charge is -2.30. The minimum Gasteiger partial charge on any atom is -0.405 e. The van der Waals surface area contributed by atoms with Crippen LogP contribution in [-0.4, -0.2) is 49.1 Å². The summed E-state index contributed by atoms with van der Waals surface area (Å²) in [6.07, 6.45) is -0.390. The van der Waals surface area contributed by atoms with Crippen LogP contribution in [0.5, 0.6) is 5.75 Å². The quantitative estimate of drug-likeness (QED) is 0.362. The fourth-order valence-electron chi connectivity index (χ4n) is 4.46. The fourth-order valence-corrected chi connectivity index (χ4v) is 4.80. The average molecular weight is 552 g/mol. The summed E-state index contributed by atoms with van der Waals surface area (Å²) in [4.78, 5) is 11.4. The molecule has 2 N–H and O–H groups in total. The first kappa shape index (κ1) is 25.5. The first-order valence-corrected chi connectivity index (χ1v) is 12.5. The van der Waals surface area contributed by atoms with Gasteiger partial charge in [-0.05, 0) is 68.5 Å². The molecule has 1 aliphatic rings. The summed E-state index contributed by atoms with van der Waals surface area (Å²) in [6.45, 7) is 0.582. The molecular weight excluding hydrogens is 523 g/mol. The number of rotatable bonds is 8. The van der Waals surface area contributed by atoms with Crippen molar-refractivity contribution < 1.29 is 17.9 Å². The molecule has 0 saturated heterocycles. The Labute approximate surface area is 211 Å². The molecule has 3 aromatic rings. The van der Waals surface area contributed by atoms with Crippen LogP contribution in [-0.2, 0) is 6.42 Å². The van der Waals surface area contributed by atoms with Crippen molar-refractivity contribution in [3.63, 3.8) is 0 Å². The van der Waals surface area contributed by atoms with Crippen LogP contribution in [0.25, 0.3) is 10.9 Å². The molecule has 6 nitrogen and oxygen atoms in total. The summed E-state index contributed by atoms with van der Waals surface area (Å²) >= 11 is 3.21. The van der Waals surface area contributed by atoms with Gasteiger partial charge in [-0.15, -0.1) is 13.2 Å². The highest BCUT2D eigenvalue weighted by Crippen LogP contribution is 2.30. The van der Waals surface area contributed by atoms with Crippen LogP contribution in [0.2, 0.25) is 0 Å². The maximum absolute atomic E-state index is 12.7. The number of alkyl halides is 3. The van der Waals surface area contributed by atoms with E-state index in [1.165, 1.54) is 6.07 Å². The number of nitrogens with zero attached hydrogens (tertiary/aromatic N) is 3. The summed E-state index contributed by atoms with van der Waals surface area (Å²) in [5, 5.41) is 8.01. The summed E-state index contributed by atoms with van der Waals surface area (Å²) < 4.78 is 42.9. The van der Waals surface area contributed by atoms with Crippen LogP contribution in [0.15, 0.2) is 46.9 Å². The largest absolute Gasteiger partial charge is 0.573 e. The van der Waals surface area contributed by atoms with Gasteiger partial charge in [0.05, 0.1) is 5.52 Å². The summed E-state index contributed by atoms with van der Waals surface area (Å²) in [5.74, 6) is 1.36. The minimum atomic E-state index is -4.71. The number of nitrogens with one attached hydrogen (secondary N) is 2. The number of benzene rings is 2. The van der Waals surface area contributed by atoms with Crippen molar-refractivity contribution in [3.8, 4) is 5.75 Å². The molecule has 2 aromatic carbocycles. The van der Waals surface area contributed by atoms with Crippen molar-refractivity contribution in [2.45, 2.75) is 50.6 Å². The van der Waals surface area contributed by atoms with Gasteiger partial charge in [0.2, 0.25) is 5.95 Å². The second-order valence-electron chi connectivity index (χ2n) is 8.98. The molecule has 1 aromatic heterocycles. The Morgan fingerprint density at radius 1 is 1.03 bits per heavy atom. The number of para-hydroxylation sites is 1. The van der Waals surface area contributed by atoms with Crippen molar-refractivity contribution in [2.75, 3.05) is 30.9 Å². The van der Waals surface area contributed by atoms with Crippen molar-refractivity contribution in [1.82, 2.24) is 15.3 Å². The third-order valence-electron chi connectivity index (χ3n) is 6.15. The smallest absolute Gasteiger partial charge is 0.405 e. The molecule has 0 amide bonds. The topological polar surface area (TPSA) is 62.3 Å². The van der Waals surface area contributed by atoms with E-state index in [0.717, 1.165) is 42.4 Å². The van der Waals surface area contributed by atoms with Gasteiger partial charge < -0.3 is 20.3 Å². The molecule has 0 unspecified atom stereocenters. The average Bonchev–Trinajstić information content (AvgIpc) is 2.80. The van der Waals surface area contributed by atoms with Gasteiger partial charge in [-0.1, -0.05) is 34.1 Å². The van der Waals surface area contributed by atoms with E-state index in [9.17, 15) is 13.2 Å². The minimum absolute atomic E-state index is 0.158. The molecule has 0 spiro atoms. The van der Waals surface area contributed by atoms with Gasteiger partial charge in [0, 0.05) is 36.0 Å². The third-order valence-corrected chi connectivity index (χ3v) is 6.64. The van der Waals surface area contributed by atoms with Crippen LogP contribution in [0.1, 0.15) is 31.2 Å². The third kappa shape index (κ3) is 6.98. The standard InChI is InChI=1S/C25H29BrF3N5O/c1-34(2)23-20-5-3-4-6-21(20)32-24(33-23)31-19-11-9-18(10-12-19)30-14-13-16-7-8-17(26)15-22(16)35-25(27,28)29/h3-8,15,18-19,30H,9-14H2,1-2H3,(H,31,32,33)/t18-,19+. The molecule has 1 fully saturated rings. The Morgan fingerprint density at radius 3 is 2.46 bits per heavy atom. The fraction of sp³-hybridized carbons (Fsp3) is 0.440. The monoisotopic (exact) mass is 551 g/mol. The van der Waals surface area contributed by atoms with Crippen LogP contribution in [0, 0.1) is 0 Å². The molecule has 35 heavy (non-hydrogen) atoms. The Morgan fingerprint density at radius 2 is 1.74 bits per heavy atom. The van der Waals surface area contributed by atoms with Crippen LogP contribution in [0.3, 0.4) is 0 Å². The molecule has 0 bridgehead atoms. The number of ether oxygens (including phenoxy) is 1. The van der Waals surface area contributed by atoms with E-state index in [1.54, 1.807) is 12.1 Å². The zero-order valence-corrected chi connectivity index (χ0v) is 21.3. The maximum atomic E-state index is 12.7. The summed E-state index contributed by atoms with van der Waals surface area (Å²) in [7, 11) is 3.95. The van der Waals surface area contributed by atoms with Crippen LogP contribution >= 0.6 is 15.9 Å². The number of halogens is 4. The lowest BCUT2D eigenvalue weighted by molar-refractivity contribution is -0.274. The zero-order chi connectivity index (χ0) is 25.0. The molecule has 0 aliphatic heterocycles. The number of fused-ring (bicyclic) bond motifs is 1. The van der Waals surface area contributed by atoms with Gasteiger partial charge in [0.25, 0.3) is 0 Å². The van der Waals surface area contributed by atoms with Gasteiger partial charge in [-0.25, -0.2) is 4.98 Å². The summed E-state index contributed by atoms with van der Waals surface area (Å²) in [6, 6.07) is 13.3. The van der Waals surface area contributed by atoms with E-state index < -0.39 is 6.36 Å². The van der Waals surface area contributed by atoms with Gasteiger partial charge in [-0.3, -0.25) is 0 Å². The molecule has 0 atom stereocenters. The highest BCUT2D eigenvalue weighted by molar-refractivity contribution is 9.10. The van der Waals surface area contributed by atoms with Crippen molar-refractivity contribution in [1.29, 1.82) is 0 Å². The Hall–Kier alpha value is -2.59. The van der Waals surface area contributed by atoms with Crippen molar-refractivity contribution in [3.05, 3.63) is 52.5 Å². The van der Waals surface area contributed by atoms with Crippen molar-refractivity contribution >= 4 is 38.6 Å². The van der Waals surface area contributed by atoms with E-state index in [-0.39, 0.29) is 11.8 Å². The SMILES string of the molecule is CN(C)c1nc(N[C@H]2CC[C@@H](NCCc3ccc(Br)cc3OC(F)(F)F)CC2)nc2ccccc12. The molecule has 10 heteroatoms. The molecule has 0 radical (unpaired) electrons. The molecular formula is C25H29BrF3N5O. The van der Waals surface area contributed by atoms with Gasteiger partial charge in [0.15, 0.2) is 0 Å². The highest BCUT2D eigenvalue weighted by atomic mass is 79.9. The van der Waals surface area contributed by atoms with Crippen molar-refractivity contribution in [2.24, 2.45) is 0 Å². The first-order chi connectivity index (χ1) is 16.7. The molecule has 1 heterocycles. The lowest BCUT2D eigenvalue weighted by atomic mass is 9.91. The van der Waals surface area contributed by atoms with Crippen LogP contribution in [0.4, 0.5) is 24.9 Å². The second-order valence-corrected chi connectivity index (χ2v) is 9.89.